The summed E-state index contributed by atoms with van der Waals surface area (Å²) in [6, 6.07) is 6.84. The number of nitrogens with two attached hydrogens (primary N) is 1. The van der Waals surface area contributed by atoms with Gasteiger partial charge in [0.05, 0.1) is 0 Å². The average Bonchev–Trinajstić information content (AvgIpc) is 2.16. The normalized spacial score (nSPS) is 10.3. The number of benzene rings is 1. The van der Waals surface area contributed by atoms with Crippen LogP contribution >= 0.6 is 0 Å². The van der Waals surface area contributed by atoms with Gasteiger partial charge in [0.15, 0.2) is 0 Å². The molecule has 0 unspecified atom stereocenters. The van der Waals surface area contributed by atoms with Crippen LogP contribution in [0.15, 0.2) is 24.3 Å². The molecule has 2 aromatic rings. The van der Waals surface area contributed by atoms with Crippen molar-refractivity contribution in [3.8, 4) is 0 Å². The van der Waals surface area contributed by atoms with Crippen LogP contribution in [0, 0.1) is 10.1 Å². The highest BCUT2D eigenvalue weighted by Gasteiger charge is 2.16. The number of anilines is 1. The first-order chi connectivity index (χ1) is 6.68. The van der Waals surface area contributed by atoms with E-state index in [4.69, 9.17) is 5.73 Å². The van der Waals surface area contributed by atoms with E-state index in [0.717, 1.165) is 0 Å². The Bertz CT molecular complexity index is 512. The Balaban J connectivity index is 2.77. The minimum absolute atomic E-state index is 0.159. The van der Waals surface area contributed by atoms with Gasteiger partial charge in [0.2, 0.25) is 11.3 Å². The lowest BCUT2D eigenvalue weighted by atomic mass is 10.3. The van der Waals surface area contributed by atoms with Crippen molar-refractivity contribution in [2.75, 3.05) is 5.73 Å². The van der Waals surface area contributed by atoms with E-state index >= 15 is 0 Å². The average molecular weight is 190 g/mol. The van der Waals surface area contributed by atoms with Gasteiger partial charge in [-0.1, -0.05) is 12.1 Å². The summed E-state index contributed by atoms with van der Waals surface area (Å²) in [6.45, 7) is 0. The molecule has 0 aliphatic carbocycles. The van der Waals surface area contributed by atoms with E-state index < -0.39 is 10.7 Å². The number of hydrogen-bond acceptors (Lipinski definition) is 5. The summed E-state index contributed by atoms with van der Waals surface area (Å²) < 4.78 is 0. The van der Waals surface area contributed by atoms with Gasteiger partial charge in [-0.05, 0) is 22.0 Å². The van der Waals surface area contributed by atoms with Crippen molar-refractivity contribution in [1.82, 2.24) is 9.97 Å². The van der Waals surface area contributed by atoms with Crippen molar-refractivity contribution < 1.29 is 4.92 Å². The maximum Gasteiger partial charge on any atom is 0.407 e. The van der Waals surface area contributed by atoms with Gasteiger partial charge in [-0.2, -0.15) is 0 Å². The van der Waals surface area contributed by atoms with Crippen LogP contribution in [0.4, 0.5) is 11.6 Å². The van der Waals surface area contributed by atoms with Crippen molar-refractivity contribution in [1.29, 1.82) is 0 Å². The van der Waals surface area contributed by atoms with Gasteiger partial charge in [0, 0.05) is 0 Å². The van der Waals surface area contributed by atoms with Crippen LogP contribution in [0.3, 0.4) is 0 Å². The molecule has 6 heteroatoms. The van der Waals surface area contributed by atoms with E-state index in [-0.39, 0.29) is 5.82 Å². The minimum Gasteiger partial charge on any atom is -0.377 e. The number of para-hydroxylation sites is 2. The summed E-state index contributed by atoms with van der Waals surface area (Å²) in [5, 5.41) is 10.5. The second-order valence-corrected chi connectivity index (χ2v) is 2.68. The Hall–Kier alpha value is -2.24. The third-order valence-electron chi connectivity index (χ3n) is 1.75. The van der Waals surface area contributed by atoms with Gasteiger partial charge < -0.3 is 15.8 Å². The van der Waals surface area contributed by atoms with E-state index in [9.17, 15) is 10.1 Å². The first kappa shape index (κ1) is 8.36. The van der Waals surface area contributed by atoms with E-state index in [0.29, 0.717) is 11.0 Å². The summed E-state index contributed by atoms with van der Waals surface area (Å²) >= 11 is 0. The van der Waals surface area contributed by atoms with Crippen molar-refractivity contribution in [2.45, 2.75) is 0 Å². The monoisotopic (exact) mass is 190 g/mol. The number of hydrogen-bond donors (Lipinski definition) is 1. The summed E-state index contributed by atoms with van der Waals surface area (Å²) in [5.41, 5.74) is 6.39. The van der Waals surface area contributed by atoms with E-state index in [1.165, 1.54) is 0 Å². The Morgan fingerprint density at radius 1 is 1.21 bits per heavy atom. The predicted octanol–water partition coefficient (Wildman–Crippen LogP) is 1.12. The second kappa shape index (κ2) is 2.91. The molecule has 1 aromatic heterocycles. The third kappa shape index (κ3) is 1.22. The van der Waals surface area contributed by atoms with Crippen LogP contribution in [-0.4, -0.2) is 14.9 Å². The molecule has 1 aromatic carbocycles. The molecule has 1 heterocycles. The van der Waals surface area contributed by atoms with Gasteiger partial charge in [-0.15, -0.1) is 0 Å². The number of nitro groups is 1. The number of aromatic nitrogens is 2. The summed E-state index contributed by atoms with van der Waals surface area (Å²) in [7, 11) is 0. The SMILES string of the molecule is Nc1nc2ccccc2nc1[N+](=O)[O-]. The van der Waals surface area contributed by atoms with Crippen molar-refractivity contribution >= 4 is 22.7 Å². The van der Waals surface area contributed by atoms with Gasteiger partial charge in [-0.3, -0.25) is 0 Å². The number of rotatable bonds is 1. The van der Waals surface area contributed by atoms with Gasteiger partial charge in [0.25, 0.3) is 0 Å². The molecular formula is C8H6N4O2. The molecule has 0 radical (unpaired) electrons. The van der Waals surface area contributed by atoms with E-state index in [1.807, 2.05) is 0 Å². The third-order valence-corrected chi connectivity index (χ3v) is 1.75. The molecule has 0 fully saturated rings. The second-order valence-electron chi connectivity index (χ2n) is 2.68. The summed E-state index contributed by atoms with van der Waals surface area (Å²) in [6.07, 6.45) is 0. The van der Waals surface area contributed by atoms with Gasteiger partial charge in [-0.25, -0.2) is 4.98 Å². The van der Waals surface area contributed by atoms with Crippen LogP contribution in [0.1, 0.15) is 0 Å². The molecule has 14 heavy (non-hydrogen) atoms. The zero-order chi connectivity index (χ0) is 10.1. The highest BCUT2D eigenvalue weighted by molar-refractivity contribution is 5.77. The number of nitrogen functional groups attached to an aromatic ring is 1. The molecule has 0 saturated heterocycles. The minimum atomic E-state index is -0.644. The van der Waals surface area contributed by atoms with Crippen molar-refractivity contribution in [3.63, 3.8) is 0 Å². The van der Waals surface area contributed by atoms with Crippen LogP contribution < -0.4 is 5.73 Å². The fraction of sp³-hybridized carbons (Fsp3) is 0. The molecule has 0 aliphatic heterocycles. The molecule has 0 spiro atoms. The fourth-order valence-corrected chi connectivity index (χ4v) is 1.14. The lowest BCUT2D eigenvalue weighted by molar-refractivity contribution is -0.388. The highest BCUT2D eigenvalue weighted by Crippen LogP contribution is 2.19. The Morgan fingerprint density at radius 2 is 1.79 bits per heavy atom. The molecule has 0 bridgehead atoms. The van der Waals surface area contributed by atoms with Crippen LogP contribution in [0.2, 0.25) is 0 Å². The highest BCUT2D eigenvalue weighted by atomic mass is 16.6. The molecule has 2 N–H and O–H groups in total. The molecule has 70 valence electrons. The fourth-order valence-electron chi connectivity index (χ4n) is 1.14. The largest absolute Gasteiger partial charge is 0.407 e. The van der Waals surface area contributed by atoms with Crippen LogP contribution in [0.25, 0.3) is 11.0 Å². The summed E-state index contributed by atoms with van der Waals surface area (Å²) in [5.74, 6) is -0.558. The van der Waals surface area contributed by atoms with Crippen molar-refractivity contribution in [2.24, 2.45) is 0 Å². The molecule has 0 aliphatic rings. The van der Waals surface area contributed by atoms with Gasteiger partial charge in [0.1, 0.15) is 5.52 Å². The first-order valence-corrected chi connectivity index (χ1v) is 3.85. The molecular weight excluding hydrogens is 184 g/mol. The van der Waals surface area contributed by atoms with Gasteiger partial charge >= 0.3 is 5.82 Å². The number of nitrogens with zero attached hydrogens (tertiary/aromatic N) is 3. The van der Waals surface area contributed by atoms with E-state index in [2.05, 4.69) is 9.97 Å². The predicted molar refractivity (Wildman–Crippen MR) is 50.6 cm³/mol. The Kier molecular flexibility index (Phi) is 1.74. The molecule has 2 rings (SSSR count). The zero-order valence-corrected chi connectivity index (χ0v) is 7.04. The molecule has 0 atom stereocenters. The Labute approximate surface area is 78.5 Å². The number of fused-ring (bicyclic) bond motifs is 1. The van der Waals surface area contributed by atoms with Crippen LogP contribution in [0.5, 0.6) is 0 Å². The zero-order valence-electron chi connectivity index (χ0n) is 7.04. The molecule has 6 nitrogen and oxygen atoms in total. The van der Waals surface area contributed by atoms with Crippen molar-refractivity contribution in [3.05, 3.63) is 34.4 Å². The Morgan fingerprint density at radius 3 is 2.36 bits per heavy atom. The molecule has 0 amide bonds. The lowest BCUT2D eigenvalue weighted by Gasteiger charge is -1.97. The topological polar surface area (TPSA) is 94.9 Å². The van der Waals surface area contributed by atoms with E-state index in [1.54, 1.807) is 24.3 Å². The maximum absolute atomic E-state index is 10.5. The quantitative estimate of drug-likeness (QED) is 0.537. The maximum atomic E-state index is 10.5. The molecule has 0 saturated carbocycles. The standard InChI is InChI=1S/C8H6N4O2/c9-7-8(12(13)14)11-6-4-2-1-3-5(6)10-7/h1-4H,(H2,9,10). The van der Waals surface area contributed by atoms with Crippen LogP contribution in [-0.2, 0) is 0 Å². The first-order valence-electron chi connectivity index (χ1n) is 3.85. The smallest absolute Gasteiger partial charge is 0.377 e. The summed E-state index contributed by atoms with van der Waals surface area (Å²) in [4.78, 5) is 17.5. The lowest BCUT2D eigenvalue weighted by Crippen LogP contribution is -2.01.